The first-order valence-electron chi connectivity index (χ1n) is 4.72. The Morgan fingerprint density at radius 3 is 3.07 bits per heavy atom. The van der Waals surface area contributed by atoms with Gasteiger partial charge in [-0.3, -0.25) is 0 Å². The molecule has 2 heterocycles. The predicted molar refractivity (Wildman–Crippen MR) is 51.7 cm³/mol. The highest BCUT2D eigenvalue weighted by atomic mass is 19.1. The molecular weight excluding hydrogens is 181 g/mol. The van der Waals surface area contributed by atoms with Crippen LogP contribution < -0.4 is 0 Å². The summed E-state index contributed by atoms with van der Waals surface area (Å²) in [5, 5.41) is 3.97. The minimum absolute atomic E-state index is 0.308. The van der Waals surface area contributed by atoms with Crippen LogP contribution in [0.4, 0.5) is 4.39 Å². The zero-order chi connectivity index (χ0) is 10.1. The maximum Gasteiger partial charge on any atom is 0.191 e. The van der Waals surface area contributed by atoms with E-state index in [9.17, 15) is 4.39 Å². The Morgan fingerprint density at radius 1 is 1.57 bits per heavy atom. The number of halogens is 1. The largest absolute Gasteiger partial charge is 0.234 e. The van der Waals surface area contributed by atoms with Gasteiger partial charge in [-0.15, -0.1) is 0 Å². The zero-order valence-corrected chi connectivity index (χ0v) is 8.24. The van der Waals surface area contributed by atoms with Crippen molar-refractivity contribution in [2.24, 2.45) is 0 Å². The Kier molecular flexibility index (Phi) is 2.19. The van der Waals surface area contributed by atoms with Gasteiger partial charge in [-0.25, -0.2) is 13.9 Å². The average Bonchev–Trinajstić information content (AvgIpc) is 2.59. The van der Waals surface area contributed by atoms with Crippen LogP contribution in [-0.2, 0) is 0 Å². The molecular formula is C10H12FN3. The lowest BCUT2D eigenvalue weighted by Gasteiger charge is -2.09. The van der Waals surface area contributed by atoms with Crippen molar-refractivity contribution >= 4 is 5.65 Å². The van der Waals surface area contributed by atoms with Crippen LogP contribution in [0, 0.1) is 5.82 Å². The Morgan fingerprint density at radius 2 is 2.36 bits per heavy atom. The van der Waals surface area contributed by atoms with E-state index in [0.717, 1.165) is 12.1 Å². The summed E-state index contributed by atoms with van der Waals surface area (Å²) in [5.41, 5.74) is 1.31. The number of hydrogen-bond donors (Lipinski definition) is 0. The SMILES string of the molecule is CCC(C)c1ccnc2c(F)cnn12. The molecule has 2 aromatic rings. The van der Waals surface area contributed by atoms with E-state index in [1.807, 2.05) is 6.07 Å². The van der Waals surface area contributed by atoms with Gasteiger partial charge in [0.1, 0.15) is 0 Å². The van der Waals surface area contributed by atoms with Crippen molar-refractivity contribution in [3.05, 3.63) is 30.0 Å². The standard InChI is InChI=1S/C10H12FN3/c1-3-7(2)9-4-5-12-10-8(11)6-13-14(9)10/h4-7H,3H2,1-2H3. The quantitative estimate of drug-likeness (QED) is 0.733. The summed E-state index contributed by atoms with van der Waals surface area (Å²) < 4.78 is 14.7. The van der Waals surface area contributed by atoms with Gasteiger partial charge in [0, 0.05) is 11.9 Å². The van der Waals surface area contributed by atoms with E-state index in [-0.39, 0.29) is 5.82 Å². The van der Waals surface area contributed by atoms with Gasteiger partial charge in [-0.05, 0) is 18.4 Å². The summed E-state index contributed by atoms with van der Waals surface area (Å²) in [6, 6.07) is 1.88. The topological polar surface area (TPSA) is 30.2 Å². The van der Waals surface area contributed by atoms with E-state index < -0.39 is 0 Å². The molecule has 3 nitrogen and oxygen atoms in total. The lowest BCUT2D eigenvalue weighted by atomic mass is 10.1. The fourth-order valence-corrected chi connectivity index (χ4v) is 1.46. The van der Waals surface area contributed by atoms with Crippen molar-refractivity contribution in [1.82, 2.24) is 14.6 Å². The number of aromatic nitrogens is 3. The molecule has 2 rings (SSSR count). The van der Waals surface area contributed by atoms with E-state index in [1.165, 1.54) is 6.20 Å². The number of nitrogens with zero attached hydrogens (tertiary/aromatic N) is 3. The molecule has 0 N–H and O–H groups in total. The second kappa shape index (κ2) is 3.36. The van der Waals surface area contributed by atoms with E-state index in [4.69, 9.17) is 0 Å². The normalized spacial score (nSPS) is 13.4. The number of rotatable bonds is 2. The zero-order valence-electron chi connectivity index (χ0n) is 8.24. The smallest absolute Gasteiger partial charge is 0.191 e. The number of fused-ring (bicyclic) bond motifs is 1. The van der Waals surface area contributed by atoms with Crippen molar-refractivity contribution in [2.75, 3.05) is 0 Å². The van der Waals surface area contributed by atoms with Gasteiger partial charge in [-0.2, -0.15) is 5.10 Å². The monoisotopic (exact) mass is 193 g/mol. The van der Waals surface area contributed by atoms with Crippen LogP contribution in [0.5, 0.6) is 0 Å². The molecule has 0 fully saturated rings. The van der Waals surface area contributed by atoms with Crippen molar-refractivity contribution in [3.8, 4) is 0 Å². The number of hydrogen-bond acceptors (Lipinski definition) is 2. The van der Waals surface area contributed by atoms with Crippen LogP contribution in [0.3, 0.4) is 0 Å². The minimum atomic E-state index is -0.366. The predicted octanol–water partition coefficient (Wildman–Crippen LogP) is 2.38. The van der Waals surface area contributed by atoms with Crippen molar-refractivity contribution in [3.63, 3.8) is 0 Å². The van der Waals surface area contributed by atoms with E-state index in [2.05, 4.69) is 23.9 Å². The van der Waals surface area contributed by atoms with Gasteiger partial charge >= 0.3 is 0 Å². The second-order valence-corrected chi connectivity index (χ2v) is 3.41. The van der Waals surface area contributed by atoms with E-state index >= 15 is 0 Å². The second-order valence-electron chi connectivity index (χ2n) is 3.41. The molecule has 1 unspecified atom stereocenters. The van der Waals surface area contributed by atoms with Gasteiger partial charge in [-0.1, -0.05) is 13.8 Å². The Hall–Kier alpha value is -1.45. The molecule has 74 valence electrons. The summed E-state index contributed by atoms with van der Waals surface area (Å²) in [4.78, 5) is 3.94. The molecule has 0 radical (unpaired) electrons. The summed E-state index contributed by atoms with van der Waals surface area (Å²) >= 11 is 0. The van der Waals surface area contributed by atoms with Crippen LogP contribution in [0.25, 0.3) is 5.65 Å². The molecule has 1 atom stereocenters. The fourth-order valence-electron chi connectivity index (χ4n) is 1.46. The summed E-state index contributed by atoms with van der Waals surface area (Å²) in [6.07, 6.45) is 3.83. The molecule has 0 saturated carbocycles. The van der Waals surface area contributed by atoms with Gasteiger partial charge in [0.2, 0.25) is 0 Å². The third-order valence-electron chi connectivity index (χ3n) is 2.50. The third kappa shape index (κ3) is 1.27. The van der Waals surface area contributed by atoms with E-state index in [0.29, 0.717) is 11.6 Å². The molecule has 4 heteroatoms. The van der Waals surface area contributed by atoms with Gasteiger partial charge in [0.15, 0.2) is 11.5 Å². The molecule has 0 saturated heterocycles. The molecule has 0 bridgehead atoms. The fraction of sp³-hybridized carbons (Fsp3) is 0.400. The summed E-state index contributed by atoms with van der Waals surface area (Å²) in [5.74, 6) is -0.00467. The van der Waals surface area contributed by atoms with Crippen LogP contribution in [0.2, 0.25) is 0 Å². The highest BCUT2D eigenvalue weighted by molar-refractivity contribution is 5.39. The van der Waals surface area contributed by atoms with Gasteiger partial charge in [0.05, 0.1) is 6.20 Å². The maximum atomic E-state index is 13.1. The lowest BCUT2D eigenvalue weighted by molar-refractivity contribution is 0.633. The Balaban J connectivity index is 2.65. The average molecular weight is 193 g/mol. The minimum Gasteiger partial charge on any atom is -0.234 e. The molecule has 0 amide bonds. The highest BCUT2D eigenvalue weighted by Crippen LogP contribution is 2.19. The van der Waals surface area contributed by atoms with Crippen molar-refractivity contribution in [1.29, 1.82) is 0 Å². The first-order chi connectivity index (χ1) is 6.74. The van der Waals surface area contributed by atoms with Crippen LogP contribution in [0.1, 0.15) is 31.9 Å². The third-order valence-corrected chi connectivity index (χ3v) is 2.50. The Bertz CT molecular complexity index is 450. The summed E-state index contributed by atoms with van der Waals surface area (Å²) in [6.45, 7) is 4.19. The molecule has 0 aliphatic heterocycles. The van der Waals surface area contributed by atoms with Crippen LogP contribution in [-0.4, -0.2) is 14.6 Å². The molecule has 0 aromatic carbocycles. The molecule has 14 heavy (non-hydrogen) atoms. The first-order valence-corrected chi connectivity index (χ1v) is 4.72. The summed E-state index contributed by atoms with van der Waals surface area (Å²) in [7, 11) is 0. The van der Waals surface area contributed by atoms with Gasteiger partial charge < -0.3 is 0 Å². The van der Waals surface area contributed by atoms with E-state index in [1.54, 1.807) is 10.7 Å². The molecule has 2 aromatic heterocycles. The van der Waals surface area contributed by atoms with Crippen LogP contribution in [0.15, 0.2) is 18.5 Å². The lowest BCUT2D eigenvalue weighted by Crippen LogP contribution is -2.03. The first kappa shape index (κ1) is 9.12. The maximum absolute atomic E-state index is 13.1. The Labute approximate surface area is 81.6 Å². The molecule has 0 spiro atoms. The molecule has 0 aliphatic rings. The van der Waals surface area contributed by atoms with Gasteiger partial charge in [0.25, 0.3) is 0 Å². The van der Waals surface area contributed by atoms with Crippen molar-refractivity contribution in [2.45, 2.75) is 26.2 Å². The van der Waals surface area contributed by atoms with Crippen LogP contribution >= 0.6 is 0 Å². The van der Waals surface area contributed by atoms with Crippen molar-refractivity contribution < 1.29 is 4.39 Å². The highest BCUT2D eigenvalue weighted by Gasteiger charge is 2.11. The molecule has 0 aliphatic carbocycles.